The van der Waals surface area contributed by atoms with Gasteiger partial charge in [-0.1, -0.05) is 18.2 Å². The highest BCUT2D eigenvalue weighted by molar-refractivity contribution is 5.31. The molecule has 0 saturated heterocycles. The van der Waals surface area contributed by atoms with E-state index < -0.39 is 6.10 Å². The van der Waals surface area contributed by atoms with Gasteiger partial charge in [0.05, 0.1) is 6.10 Å². The number of aliphatic hydroxyl groups excluding tert-OH is 1. The minimum atomic E-state index is -0.745. The number of rotatable bonds is 3. The van der Waals surface area contributed by atoms with Crippen molar-refractivity contribution in [3.8, 4) is 5.75 Å². The number of aryl methyl sites for hydroxylation is 1. The summed E-state index contributed by atoms with van der Waals surface area (Å²) < 4.78 is 13.2. The van der Waals surface area contributed by atoms with Gasteiger partial charge in [-0.25, -0.2) is 4.39 Å². The number of phenols is 1. The zero-order chi connectivity index (χ0) is 13.1. The molecular formula is C15H15FO2. The molecule has 2 nitrogen and oxygen atoms in total. The molecule has 0 aromatic heterocycles. The zero-order valence-electron chi connectivity index (χ0n) is 10.1. The largest absolute Gasteiger partial charge is 0.508 e. The van der Waals surface area contributed by atoms with E-state index in [1.165, 1.54) is 12.1 Å². The van der Waals surface area contributed by atoms with Crippen LogP contribution in [0.5, 0.6) is 5.75 Å². The van der Waals surface area contributed by atoms with Gasteiger partial charge in [-0.2, -0.15) is 0 Å². The summed E-state index contributed by atoms with van der Waals surface area (Å²) in [5.74, 6) is -0.157. The van der Waals surface area contributed by atoms with Gasteiger partial charge in [-0.15, -0.1) is 0 Å². The van der Waals surface area contributed by atoms with Crippen molar-refractivity contribution in [3.63, 3.8) is 0 Å². The van der Waals surface area contributed by atoms with Crippen LogP contribution >= 0.6 is 0 Å². The van der Waals surface area contributed by atoms with Crippen molar-refractivity contribution in [1.29, 1.82) is 0 Å². The van der Waals surface area contributed by atoms with Gasteiger partial charge in [0.15, 0.2) is 0 Å². The minimum absolute atomic E-state index is 0.190. The number of halogens is 1. The number of phenolic OH excluding ortho intramolecular Hbond substituents is 1. The molecule has 0 heterocycles. The fourth-order valence-electron chi connectivity index (χ4n) is 1.94. The maximum Gasteiger partial charge on any atom is 0.123 e. The number of hydrogen-bond donors (Lipinski definition) is 2. The monoisotopic (exact) mass is 246 g/mol. The summed E-state index contributed by atoms with van der Waals surface area (Å²) in [5, 5.41) is 19.3. The SMILES string of the molecule is Cc1ccc(F)cc1C(O)Cc1ccc(O)cc1. The molecule has 0 amide bonds. The summed E-state index contributed by atoms with van der Waals surface area (Å²) in [4.78, 5) is 0. The highest BCUT2D eigenvalue weighted by atomic mass is 19.1. The Bertz CT molecular complexity index is 535. The van der Waals surface area contributed by atoms with Crippen molar-refractivity contribution < 1.29 is 14.6 Å². The number of aliphatic hydroxyl groups is 1. The molecule has 2 N–H and O–H groups in total. The van der Waals surface area contributed by atoms with E-state index >= 15 is 0 Å². The van der Waals surface area contributed by atoms with Crippen molar-refractivity contribution >= 4 is 0 Å². The molecule has 0 bridgehead atoms. The third-order valence-electron chi connectivity index (χ3n) is 2.97. The maximum atomic E-state index is 13.2. The summed E-state index contributed by atoms with van der Waals surface area (Å²) in [6.07, 6.45) is -0.352. The lowest BCUT2D eigenvalue weighted by Gasteiger charge is -2.14. The fraction of sp³-hybridized carbons (Fsp3) is 0.200. The molecule has 94 valence electrons. The van der Waals surface area contributed by atoms with Gasteiger partial charge in [0, 0.05) is 6.42 Å². The maximum absolute atomic E-state index is 13.2. The van der Waals surface area contributed by atoms with Gasteiger partial charge in [-0.3, -0.25) is 0 Å². The molecule has 1 atom stereocenters. The Morgan fingerprint density at radius 1 is 1.11 bits per heavy atom. The molecule has 0 fully saturated rings. The molecule has 0 aliphatic heterocycles. The average Bonchev–Trinajstić information content (AvgIpc) is 2.35. The highest BCUT2D eigenvalue weighted by Crippen LogP contribution is 2.23. The van der Waals surface area contributed by atoms with Crippen molar-refractivity contribution in [2.45, 2.75) is 19.4 Å². The number of aromatic hydroxyl groups is 1. The predicted molar refractivity (Wildman–Crippen MR) is 67.9 cm³/mol. The summed E-state index contributed by atoms with van der Waals surface area (Å²) in [7, 11) is 0. The van der Waals surface area contributed by atoms with Crippen LogP contribution in [0.15, 0.2) is 42.5 Å². The van der Waals surface area contributed by atoms with E-state index in [9.17, 15) is 14.6 Å². The van der Waals surface area contributed by atoms with Gasteiger partial charge >= 0.3 is 0 Å². The van der Waals surface area contributed by atoms with Gasteiger partial charge < -0.3 is 10.2 Å². The van der Waals surface area contributed by atoms with Crippen molar-refractivity contribution in [1.82, 2.24) is 0 Å². The Kier molecular flexibility index (Phi) is 3.63. The predicted octanol–water partition coefficient (Wildman–Crippen LogP) is 3.12. The van der Waals surface area contributed by atoms with Crippen molar-refractivity contribution in [2.75, 3.05) is 0 Å². The van der Waals surface area contributed by atoms with E-state index in [1.54, 1.807) is 30.3 Å². The van der Waals surface area contributed by atoms with Crippen LogP contribution in [0.2, 0.25) is 0 Å². The van der Waals surface area contributed by atoms with Crippen molar-refractivity contribution in [2.24, 2.45) is 0 Å². The van der Waals surface area contributed by atoms with E-state index in [-0.39, 0.29) is 11.6 Å². The second-order valence-electron chi connectivity index (χ2n) is 4.39. The molecular weight excluding hydrogens is 231 g/mol. The topological polar surface area (TPSA) is 40.5 Å². The van der Waals surface area contributed by atoms with Gasteiger partial charge in [0.2, 0.25) is 0 Å². The number of hydrogen-bond acceptors (Lipinski definition) is 2. The Morgan fingerprint density at radius 2 is 1.78 bits per heavy atom. The molecule has 2 rings (SSSR count). The molecule has 3 heteroatoms. The van der Waals surface area contributed by atoms with Crippen LogP contribution in [-0.4, -0.2) is 10.2 Å². The highest BCUT2D eigenvalue weighted by Gasteiger charge is 2.12. The lowest BCUT2D eigenvalue weighted by atomic mass is 9.97. The molecule has 0 aliphatic rings. The fourth-order valence-corrected chi connectivity index (χ4v) is 1.94. The summed E-state index contributed by atoms with van der Waals surface area (Å²) in [6, 6.07) is 11.0. The lowest BCUT2D eigenvalue weighted by molar-refractivity contribution is 0.177. The molecule has 2 aromatic carbocycles. The van der Waals surface area contributed by atoms with Crippen LogP contribution in [0.4, 0.5) is 4.39 Å². The molecule has 18 heavy (non-hydrogen) atoms. The average molecular weight is 246 g/mol. The van der Waals surface area contributed by atoms with Crippen LogP contribution in [0.1, 0.15) is 22.8 Å². The normalized spacial score (nSPS) is 12.4. The Labute approximate surface area is 105 Å². The van der Waals surface area contributed by atoms with Crippen molar-refractivity contribution in [3.05, 3.63) is 65.0 Å². The van der Waals surface area contributed by atoms with E-state index in [1.807, 2.05) is 6.92 Å². The van der Waals surface area contributed by atoms with Gasteiger partial charge in [0.1, 0.15) is 11.6 Å². The van der Waals surface area contributed by atoms with E-state index in [0.717, 1.165) is 11.1 Å². The lowest BCUT2D eigenvalue weighted by Crippen LogP contribution is -2.04. The summed E-state index contributed by atoms with van der Waals surface area (Å²) in [5.41, 5.74) is 2.36. The smallest absolute Gasteiger partial charge is 0.123 e. The van der Waals surface area contributed by atoms with Crippen LogP contribution in [0, 0.1) is 12.7 Å². The first-order valence-corrected chi connectivity index (χ1v) is 5.78. The minimum Gasteiger partial charge on any atom is -0.508 e. The van der Waals surface area contributed by atoms with E-state index in [4.69, 9.17) is 0 Å². The molecule has 0 spiro atoms. The standard InChI is InChI=1S/C15H15FO2/c1-10-2-5-12(16)9-14(10)15(18)8-11-3-6-13(17)7-4-11/h2-7,9,15,17-18H,8H2,1H3. The van der Waals surface area contributed by atoms with E-state index in [0.29, 0.717) is 12.0 Å². The molecule has 0 aliphatic carbocycles. The quantitative estimate of drug-likeness (QED) is 0.873. The van der Waals surface area contributed by atoms with Gasteiger partial charge in [-0.05, 0) is 47.9 Å². The van der Waals surface area contributed by atoms with Gasteiger partial charge in [0.25, 0.3) is 0 Å². The van der Waals surface area contributed by atoms with Crippen LogP contribution in [0.3, 0.4) is 0 Å². The van der Waals surface area contributed by atoms with E-state index in [2.05, 4.69) is 0 Å². The summed E-state index contributed by atoms with van der Waals surface area (Å²) >= 11 is 0. The molecule has 0 saturated carbocycles. The Balaban J connectivity index is 2.18. The third-order valence-corrected chi connectivity index (χ3v) is 2.97. The Hall–Kier alpha value is -1.87. The zero-order valence-corrected chi connectivity index (χ0v) is 10.1. The first kappa shape index (κ1) is 12.6. The molecule has 1 unspecified atom stereocenters. The second kappa shape index (κ2) is 5.19. The van der Waals surface area contributed by atoms with Crippen LogP contribution in [0.25, 0.3) is 0 Å². The molecule has 2 aromatic rings. The third kappa shape index (κ3) is 2.87. The summed E-state index contributed by atoms with van der Waals surface area (Å²) in [6.45, 7) is 1.84. The first-order valence-electron chi connectivity index (χ1n) is 5.78. The van der Waals surface area contributed by atoms with Crippen LogP contribution < -0.4 is 0 Å². The van der Waals surface area contributed by atoms with Crippen LogP contribution in [-0.2, 0) is 6.42 Å². The number of benzene rings is 2. The molecule has 0 radical (unpaired) electrons. The Morgan fingerprint density at radius 3 is 2.44 bits per heavy atom. The first-order chi connectivity index (χ1) is 8.56. The second-order valence-corrected chi connectivity index (χ2v) is 4.39.